The molecular weight excluding hydrogens is 466 g/mol. The third-order valence-corrected chi connectivity index (χ3v) is 6.47. The van der Waals surface area contributed by atoms with Gasteiger partial charge in [0.2, 0.25) is 5.91 Å². The van der Waals surface area contributed by atoms with Crippen LogP contribution in [0.25, 0.3) is 21.9 Å². The van der Waals surface area contributed by atoms with Gasteiger partial charge in [-0.2, -0.15) is 0 Å². The van der Waals surface area contributed by atoms with Crippen molar-refractivity contribution < 1.29 is 14.6 Å². The Morgan fingerprint density at radius 3 is 2.73 bits per heavy atom. The molecule has 0 saturated heterocycles. The van der Waals surface area contributed by atoms with Crippen molar-refractivity contribution in [3.8, 4) is 5.75 Å². The Hall–Kier alpha value is -3.91. The van der Waals surface area contributed by atoms with Gasteiger partial charge in [-0.25, -0.2) is 9.97 Å². The molecule has 8 nitrogen and oxygen atoms in total. The number of aromatic nitrogens is 3. The highest BCUT2D eigenvalue weighted by Crippen LogP contribution is 2.31. The summed E-state index contributed by atoms with van der Waals surface area (Å²) in [5, 5.41) is 13.7. The molecule has 2 aromatic heterocycles. The van der Waals surface area contributed by atoms with Crippen LogP contribution in [0.5, 0.6) is 5.75 Å². The van der Waals surface area contributed by atoms with Crippen molar-refractivity contribution in [3.05, 3.63) is 71.6 Å². The molecule has 0 unspecified atom stereocenters. The summed E-state index contributed by atoms with van der Waals surface area (Å²) >= 11 is 0. The van der Waals surface area contributed by atoms with Crippen LogP contribution >= 0.6 is 0 Å². The van der Waals surface area contributed by atoms with E-state index in [1.165, 1.54) is 6.08 Å². The van der Waals surface area contributed by atoms with E-state index < -0.39 is 0 Å². The number of nitrogens with two attached hydrogens (primary N) is 1. The molecule has 0 bridgehead atoms. The highest BCUT2D eigenvalue weighted by molar-refractivity contribution is 6.06. The van der Waals surface area contributed by atoms with Gasteiger partial charge >= 0.3 is 0 Å². The number of benzene rings is 2. The minimum Gasteiger partial charge on any atom is -0.508 e. The van der Waals surface area contributed by atoms with Gasteiger partial charge in [-0.3, -0.25) is 4.79 Å². The number of carbonyl (C=O) groups is 1. The summed E-state index contributed by atoms with van der Waals surface area (Å²) < 4.78 is 7.90. The van der Waals surface area contributed by atoms with Crippen molar-refractivity contribution in [3.63, 3.8) is 0 Å². The van der Waals surface area contributed by atoms with Gasteiger partial charge in [-0.1, -0.05) is 44.2 Å². The Morgan fingerprint density at radius 2 is 1.97 bits per heavy atom. The van der Waals surface area contributed by atoms with Gasteiger partial charge in [0.1, 0.15) is 17.1 Å². The third kappa shape index (κ3) is 6.09. The molecule has 37 heavy (non-hydrogen) atoms. The molecular formula is C29H35N5O3. The Balaban J connectivity index is 1.63. The fraction of sp³-hybridized carbons (Fsp3) is 0.345. The summed E-state index contributed by atoms with van der Waals surface area (Å²) in [6.45, 7) is 9.56. The van der Waals surface area contributed by atoms with E-state index in [1.54, 1.807) is 6.07 Å². The van der Waals surface area contributed by atoms with Crippen LogP contribution in [0, 0.1) is 6.92 Å². The maximum Gasteiger partial charge on any atom is 0.243 e. The summed E-state index contributed by atoms with van der Waals surface area (Å²) in [5.41, 5.74) is 12.0. The first-order valence-electron chi connectivity index (χ1n) is 12.7. The Morgan fingerprint density at radius 1 is 1.16 bits per heavy atom. The molecule has 4 N–H and O–H groups in total. The first-order chi connectivity index (χ1) is 17.9. The molecule has 0 aliphatic rings. The number of nitrogen functional groups attached to an aromatic ring is 1. The number of fused-ring (bicyclic) bond motifs is 3. The zero-order chi connectivity index (χ0) is 26.4. The number of anilines is 1. The molecule has 2 heterocycles. The molecule has 0 saturated carbocycles. The van der Waals surface area contributed by atoms with Crippen LogP contribution in [-0.2, 0) is 28.9 Å². The third-order valence-electron chi connectivity index (χ3n) is 6.47. The number of hydrogen-bond acceptors (Lipinski definition) is 6. The molecule has 4 aromatic rings. The van der Waals surface area contributed by atoms with Crippen LogP contribution in [0.15, 0.2) is 49.1 Å². The SMILES string of the molecule is C=CC(=O)NCCOCCc1ccc2c(c1)nc(N)c1nc(CCCC)n(Cc3ccc(O)c(C)c3)c12. The first kappa shape index (κ1) is 26.2. The number of pyridine rings is 1. The van der Waals surface area contributed by atoms with Gasteiger partial charge in [0, 0.05) is 24.9 Å². The number of hydrogen-bond donors (Lipinski definition) is 3. The number of ether oxygens (including phenoxy) is 1. The Bertz CT molecular complexity index is 1430. The van der Waals surface area contributed by atoms with Crippen LogP contribution < -0.4 is 11.1 Å². The van der Waals surface area contributed by atoms with E-state index >= 15 is 0 Å². The minimum atomic E-state index is -0.203. The average molecular weight is 502 g/mol. The topological polar surface area (TPSA) is 115 Å². The molecule has 4 rings (SSSR count). The Kier molecular flexibility index (Phi) is 8.40. The highest BCUT2D eigenvalue weighted by atomic mass is 16.5. The lowest BCUT2D eigenvalue weighted by Crippen LogP contribution is -2.25. The zero-order valence-corrected chi connectivity index (χ0v) is 21.6. The number of aromatic hydroxyl groups is 1. The molecule has 8 heteroatoms. The smallest absolute Gasteiger partial charge is 0.243 e. The number of rotatable bonds is 12. The summed E-state index contributed by atoms with van der Waals surface area (Å²) in [5.74, 6) is 1.50. The highest BCUT2D eigenvalue weighted by Gasteiger charge is 2.18. The monoisotopic (exact) mass is 501 g/mol. The van der Waals surface area contributed by atoms with Crippen LogP contribution in [0.4, 0.5) is 5.82 Å². The molecule has 0 fully saturated rings. The molecule has 0 radical (unpaired) electrons. The van der Waals surface area contributed by atoms with Crippen molar-refractivity contribution in [1.29, 1.82) is 0 Å². The van der Waals surface area contributed by atoms with Gasteiger partial charge in [-0.05, 0) is 54.7 Å². The number of imidazole rings is 1. The second kappa shape index (κ2) is 11.9. The lowest BCUT2D eigenvalue weighted by Gasteiger charge is -2.13. The van der Waals surface area contributed by atoms with Crippen molar-refractivity contribution in [2.75, 3.05) is 25.5 Å². The fourth-order valence-corrected chi connectivity index (χ4v) is 4.46. The summed E-state index contributed by atoms with van der Waals surface area (Å²) in [7, 11) is 0. The van der Waals surface area contributed by atoms with Crippen LogP contribution in [0.3, 0.4) is 0 Å². The first-order valence-corrected chi connectivity index (χ1v) is 12.7. The largest absolute Gasteiger partial charge is 0.508 e. The molecule has 2 aromatic carbocycles. The molecule has 0 aliphatic carbocycles. The predicted octanol–water partition coefficient (Wildman–Crippen LogP) is 4.43. The minimum absolute atomic E-state index is 0.203. The van der Waals surface area contributed by atoms with Crippen LogP contribution in [0.2, 0.25) is 0 Å². The van der Waals surface area contributed by atoms with Gasteiger partial charge < -0.3 is 25.5 Å². The number of nitrogens with zero attached hydrogens (tertiary/aromatic N) is 3. The van der Waals surface area contributed by atoms with Gasteiger partial charge in [0.05, 0.1) is 24.2 Å². The molecule has 0 spiro atoms. The summed E-state index contributed by atoms with van der Waals surface area (Å²) in [6, 6.07) is 11.9. The van der Waals surface area contributed by atoms with Crippen molar-refractivity contribution in [2.45, 2.75) is 46.1 Å². The number of nitrogens with one attached hydrogen (secondary N) is 1. The number of amides is 1. The van der Waals surface area contributed by atoms with Crippen molar-refractivity contribution in [2.24, 2.45) is 0 Å². The van der Waals surface area contributed by atoms with E-state index in [4.69, 9.17) is 15.5 Å². The fourth-order valence-electron chi connectivity index (χ4n) is 4.46. The molecule has 194 valence electrons. The lowest BCUT2D eigenvalue weighted by atomic mass is 10.1. The van der Waals surface area contributed by atoms with E-state index in [-0.39, 0.29) is 5.91 Å². The van der Waals surface area contributed by atoms with Gasteiger partial charge in [0.15, 0.2) is 5.82 Å². The van der Waals surface area contributed by atoms with E-state index in [2.05, 4.69) is 46.6 Å². The molecule has 0 atom stereocenters. The second-order valence-electron chi connectivity index (χ2n) is 9.24. The van der Waals surface area contributed by atoms with Crippen LogP contribution in [0.1, 0.15) is 42.3 Å². The van der Waals surface area contributed by atoms with E-state index in [0.29, 0.717) is 37.9 Å². The number of carbonyl (C=O) groups excluding carboxylic acids is 1. The predicted molar refractivity (Wildman–Crippen MR) is 148 cm³/mol. The van der Waals surface area contributed by atoms with E-state index in [1.807, 2.05) is 19.1 Å². The Labute approximate surface area is 217 Å². The van der Waals surface area contributed by atoms with E-state index in [9.17, 15) is 9.90 Å². The van der Waals surface area contributed by atoms with Crippen molar-refractivity contribution >= 4 is 33.7 Å². The molecule has 1 amide bonds. The van der Waals surface area contributed by atoms with Gasteiger partial charge in [-0.15, -0.1) is 0 Å². The van der Waals surface area contributed by atoms with E-state index in [0.717, 1.165) is 70.1 Å². The summed E-state index contributed by atoms with van der Waals surface area (Å²) in [6.07, 6.45) is 4.92. The number of phenols is 1. The lowest BCUT2D eigenvalue weighted by molar-refractivity contribution is -0.116. The normalized spacial score (nSPS) is 11.3. The van der Waals surface area contributed by atoms with Crippen molar-refractivity contribution in [1.82, 2.24) is 19.9 Å². The molecule has 0 aliphatic heterocycles. The maximum atomic E-state index is 11.2. The number of unbranched alkanes of at least 4 members (excludes halogenated alkanes) is 1. The van der Waals surface area contributed by atoms with Crippen LogP contribution in [-0.4, -0.2) is 45.3 Å². The average Bonchev–Trinajstić information content (AvgIpc) is 3.25. The zero-order valence-electron chi connectivity index (χ0n) is 21.6. The number of aryl methyl sites for hydroxylation is 2. The number of phenolic OH excluding ortho intramolecular Hbond substituents is 1. The second-order valence-corrected chi connectivity index (χ2v) is 9.24. The van der Waals surface area contributed by atoms with Gasteiger partial charge in [0.25, 0.3) is 0 Å². The summed E-state index contributed by atoms with van der Waals surface area (Å²) in [4.78, 5) is 20.8. The standard InChI is InChI=1S/C29H35N5O3/c1-4-6-7-25-33-27-28(34(25)18-21-9-11-24(35)19(3)16-21)22-10-8-20(17-23(22)32-29(27)30)12-14-37-15-13-31-26(36)5-2/h5,8-11,16-17,35H,2,4,6-7,12-15,18H2,1,3H3,(H2,30,32)(H,31,36). The maximum absolute atomic E-state index is 11.2. The quantitative estimate of drug-likeness (QED) is 0.195.